The molecule has 0 heterocycles. The molecular formula is C7H14O3S. The van der Waals surface area contributed by atoms with E-state index in [0.717, 1.165) is 25.7 Å². The molecule has 0 unspecified atom stereocenters. The van der Waals surface area contributed by atoms with Crippen LogP contribution < -0.4 is 0 Å². The Bertz CT molecular complexity index is 202. The molecule has 0 aromatic carbocycles. The molecule has 1 aliphatic rings. The molecule has 0 spiro atoms. The smallest absolute Gasteiger partial charge is 0.265 e. The highest BCUT2D eigenvalue weighted by atomic mass is 32.2. The van der Waals surface area contributed by atoms with Crippen LogP contribution in [-0.2, 0) is 10.1 Å². The van der Waals surface area contributed by atoms with E-state index in [1.807, 2.05) is 0 Å². The quantitative estimate of drug-likeness (QED) is 0.651. The van der Waals surface area contributed by atoms with Crippen molar-refractivity contribution in [3.8, 4) is 0 Å². The van der Waals surface area contributed by atoms with E-state index in [9.17, 15) is 8.42 Å². The third kappa shape index (κ3) is 3.72. The molecule has 0 bridgehead atoms. The number of rotatable bonds is 2. The normalized spacial score (nSPS) is 21.9. The lowest BCUT2D eigenvalue weighted by Crippen LogP contribution is -2.17. The van der Waals surface area contributed by atoms with Gasteiger partial charge in [0.2, 0.25) is 0 Å². The van der Waals surface area contributed by atoms with E-state index in [-0.39, 0.29) is 11.7 Å². The average Bonchev–Trinajstić information content (AvgIpc) is 1.85. The second-order valence-electron chi connectivity index (χ2n) is 3.25. The lowest BCUT2D eigenvalue weighted by molar-refractivity contribution is 0.374. The van der Waals surface area contributed by atoms with Gasteiger partial charge in [0.05, 0.1) is 5.75 Å². The zero-order valence-electron chi connectivity index (χ0n) is 6.49. The van der Waals surface area contributed by atoms with Crippen LogP contribution >= 0.6 is 0 Å². The zero-order chi connectivity index (χ0) is 8.32. The monoisotopic (exact) mass is 178 g/mol. The van der Waals surface area contributed by atoms with Crippen molar-refractivity contribution in [3.05, 3.63) is 0 Å². The summed E-state index contributed by atoms with van der Waals surface area (Å²) in [6.45, 7) is 0. The second-order valence-corrected chi connectivity index (χ2v) is 4.75. The van der Waals surface area contributed by atoms with E-state index < -0.39 is 10.1 Å². The van der Waals surface area contributed by atoms with E-state index in [4.69, 9.17) is 4.55 Å². The van der Waals surface area contributed by atoms with Gasteiger partial charge in [-0.3, -0.25) is 4.55 Å². The molecule has 4 heteroatoms. The molecule has 3 nitrogen and oxygen atoms in total. The summed E-state index contributed by atoms with van der Waals surface area (Å²) >= 11 is 0. The first kappa shape index (κ1) is 9.00. The lowest BCUT2D eigenvalue weighted by Gasteiger charge is -2.19. The van der Waals surface area contributed by atoms with Gasteiger partial charge in [0, 0.05) is 0 Å². The minimum absolute atomic E-state index is 0.0347. The van der Waals surface area contributed by atoms with Crippen molar-refractivity contribution in [1.29, 1.82) is 0 Å². The molecule has 1 N–H and O–H groups in total. The Labute approximate surface area is 67.6 Å². The van der Waals surface area contributed by atoms with Crippen molar-refractivity contribution < 1.29 is 13.0 Å². The maximum atomic E-state index is 10.5. The molecule has 0 aromatic heterocycles. The average molecular weight is 178 g/mol. The minimum Gasteiger partial charge on any atom is -0.286 e. The van der Waals surface area contributed by atoms with Crippen molar-refractivity contribution >= 4 is 10.1 Å². The van der Waals surface area contributed by atoms with Crippen LogP contribution in [0.4, 0.5) is 0 Å². The maximum absolute atomic E-state index is 10.5. The Morgan fingerprint density at radius 2 is 1.73 bits per heavy atom. The first-order chi connectivity index (χ1) is 5.08. The molecule has 1 aliphatic carbocycles. The van der Waals surface area contributed by atoms with Gasteiger partial charge in [-0.05, 0) is 18.8 Å². The fraction of sp³-hybridized carbons (Fsp3) is 1.00. The summed E-state index contributed by atoms with van der Waals surface area (Å²) in [6.07, 6.45) is 5.35. The number of hydrogen-bond acceptors (Lipinski definition) is 2. The van der Waals surface area contributed by atoms with Crippen molar-refractivity contribution in [3.63, 3.8) is 0 Å². The van der Waals surface area contributed by atoms with Gasteiger partial charge >= 0.3 is 0 Å². The molecule has 1 rings (SSSR count). The molecule has 0 saturated heterocycles. The molecule has 66 valence electrons. The van der Waals surface area contributed by atoms with Gasteiger partial charge < -0.3 is 0 Å². The molecule has 1 saturated carbocycles. The fourth-order valence-electron chi connectivity index (χ4n) is 1.65. The van der Waals surface area contributed by atoms with Crippen LogP contribution in [0.15, 0.2) is 0 Å². The highest BCUT2D eigenvalue weighted by molar-refractivity contribution is 7.85. The maximum Gasteiger partial charge on any atom is 0.265 e. The van der Waals surface area contributed by atoms with Gasteiger partial charge in [0.1, 0.15) is 0 Å². The van der Waals surface area contributed by atoms with Gasteiger partial charge in [-0.25, -0.2) is 0 Å². The van der Waals surface area contributed by atoms with E-state index in [1.54, 1.807) is 0 Å². The summed E-state index contributed by atoms with van der Waals surface area (Å²) in [5.74, 6) is 0.172. The Balaban J connectivity index is 2.36. The Morgan fingerprint density at radius 1 is 1.18 bits per heavy atom. The Hall–Kier alpha value is -0.0900. The van der Waals surface area contributed by atoms with Crippen LogP contribution in [0.1, 0.15) is 32.1 Å². The summed E-state index contributed by atoms with van der Waals surface area (Å²) in [4.78, 5) is 0. The van der Waals surface area contributed by atoms with Gasteiger partial charge in [0.15, 0.2) is 0 Å². The zero-order valence-corrected chi connectivity index (χ0v) is 7.31. The van der Waals surface area contributed by atoms with Crippen molar-refractivity contribution in [1.82, 2.24) is 0 Å². The van der Waals surface area contributed by atoms with Crippen molar-refractivity contribution in [2.75, 3.05) is 5.75 Å². The van der Waals surface area contributed by atoms with Gasteiger partial charge in [0.25, 0.3) is 10.1 Å². The molecule has 11 heavy (non-hydrogen) atoms. The van der Waals surface area contributed by atoms with Gasteiger partial charge in [-0.15, -0.1) is 0 Å². The minimum atomic E-state index is -3.72. The van der Waals surface area contributed by atoms with E-state index in [0.29, 0.717) is 0 Å². The van der Waals surface area contributed by atoms with Gasteiger partial charge in [-0.1, -0.05) is 19.3 Å². The standard InChI is InChI=1S/C7H14O3S/c8-11(9,10)6-7-4-2-1-3-5-7/h7H,1-6H2,(H,8,9,10). The predicted octanol–water partition coefficient (Wildman–Crippen LogP) is 1.45. The topological polar surface area (TPSA) is 54.4 Å². The Morgan fingerprint density at radius 3 is 2.18 bits per heavy atom. The highest BCUT2D eigenvalue weighted by Crippen LogP contribution is 2.24. The summed E-state index contributed by atoms with van der Waals surface area (Å²) in [5.41, 5.74) is 0. The van der Waals surface area contributed by atoms with Crippen LogP contribution in [0.25, 0.3) is 0 Å². The first-order valence-electron chi connectivity index (χ1n) is 4.03. The number of hydrogen-bond donors (Lipinski definition) is 1. The summed E-state index contributed by atoms with van der Waals surface area (Å²) in [6, 6.07) is 0. The van der Waals surface area contributed by atoms with Gasteiger partial charge in [-0.2, -0.15) is 8.42 Å². The summed E-state index contributed by atoms with van der Waals surface area (Å²) in [5, 5.41) is 0. The van der Waals surface area contributed by atoms with Crippen LogP contribution in [-0.4, -0.2) is 18.7 Å². The van der Waals surface area contributed by atoms with Crippen molar-refractivity contribution in [2.24, 2.45) is 5.92 Å². The molecule has 0 radical (unpaired) electrons. The largest absolute Gasteiger partial charge is 0.286 e. The molecular weight excluding hydrogens is 164 g/mol. The molecule has 0 aliphatic heterocycles. The first-order valence-corrected chi connectivity index (χ1v) is 5.64. The van der Waals surface area contributed by atoms with E-state index in [2.05, 4.69) is 0 Å². The second kappa shape index (κ2) is 3.54. The van der Waals surface area contributed by atoms with E-state index in [1.165, 1.54) is 6.42 Å². The lowest BCUT2D eigenvalue weighted by atomic mass is 9.91. The third-order valence-corrected chi connectivity index (χ3v) is 3.06. The van der Waals surface area contributed by atoms with Crippen LogP contribution in [0.3, 0.4) is 0 Å². The fourth-order valence-corrected chi connectivity index (χ4v) is 2.58. The molecule has 0 atom stereocenters. The third-order valence-electron chi connectivity index (χ3n) is 2.17. The summed E-state index contributed by atoms with van der Waals surface area (Å²) < 4.78 is 29.5. The van der Waals surface area contributed by atoms with E-state index >= 15 is 0 Å². The van der Waals surface area contributed by atoms with Crippen LogP contribution in [0, 0.1) is 5.92 Å². The SMILES string of the molecule is O=S(=O)(O)CC1CCCCC1. The Kier molecular flexibility index (Phi) is 2.90. The molecule has 0 aromatic rings. The predicted molar refractivity (Wildman–Crippen MR) is 43.0 cm³/mol. The van der Waals surface area contributed by atoms with Crippen LogP contribution in [0.5, 0.6) is 0 Å². The summed E-state index contributed by atoms with van der Waals surface area (Å²) in [7, 11) is -3.72. The molecule has 0 amide bonds. The highest BCUT2D eigenvalue weighted by Gasteiger charge is 2.18. The van der Waals surface area contributed by atoms with Crippen molar-refractivity contribution in [2.45, 2.75) is 32.1 Å². The molecule has 1 fully saturated rings. The van der Waals surface area contributed by atoms with Crippen LogP contribution in [0.2, 0.25) is 0 Å².